The zero-order valence-corrected chi connectivity index (χ0v) is 18.1. The molecule has 0 rings (SSSR count). The molecule has 154 valence electrons. The van der Waals surface area contributed by atoms with Crippen molar-refractivity contribution >= 4 is 19.8 Å². The average Bonchev–Trinajstić information content (AvgIpc) is 2.26. The first-order valence-electron chi connectivity index (χ1n) is 8.27. The molecule has 0 fully saturated rings. The molecule has 3 N–H and O–H groups in total. The van der Waals surface area contributed by atoms with Crippen LogP contribution in [0.15, 0.2) is 0 Å². The molecule has 0 radical (unpaired) electrons. The fourth-order valence-corrected chi connectivity index (χ4v) is 3.37. The molecule has 0 aromatic rings. The molecule has 9 nitrogen and oxygen atoms in total. The van der Waals surface area contributed by atoms with Gasteiger partial charge in [0.05, 0.1) is 17.8 Å². The Labute approximate surface area is 155 Å². The van der Waals surface area contributed by atoms with Crippen LogP contribution in [0.4, 0.5) is 4.79 Å². The molecule has 0 saturated carbocycles. The maximum Gasteiger partial charge on any atom is 0.475 e. The first kappa shape index (κ1) is 24.8. The molecule has 0 aliphatic heterocycles. The summed E-state index contributed by atoms with van der Waals surface area (Å²) in [7, 11) is -4.04. The maximum atomic E-state index is 12.9. The molecule has 10 heteroatoms. The van der Waals surface area contributed by atoms with Crippen molar-refractivity contribution in [1.29, 1.82) is 0 Å². The van der Waals surface area contributed by atoms with Gasteiger partial charge in [0.1, 0.15) is 11.6 Å². The third-order valence-electron chi connectivity index (χ3n) is 2.21. The average molecular weight is 396 g/mol. The Morgan fingerprint density at radius 2 is 1.35 bits per heavy atom. The van der Waals surface area contributed by atoms with E-state index >= 15 is 0 Å². The Morgan fingerprint density at radius 1 is 0.923 bits per heavy atom. The van der Waals surface area contributed by atoms with E-state index < -0.39 is 49.3 Å². The SMILES string of the molecule is CC(C)(C)OC(=O)N[C@H](COP(=O)(OC(C)(C)C)OC(C)(C)C)C(N)=O. The molecule has 0 bridgehead atoms. The van der Waals surface area contributed by atoms with Gasteiger partial charge in [-0.2, -0.15) is 0 Å². The number of hydrogen-bond donors (Lipinski definition) is 2. The van der Waals surface area contributed by atoms with Gasteiger partial charge in [-0.1, -0.05) is 0 Å². The minimum atomic E-state index is -4.04. The van der Waals surface area contributed by atoms with Crippen molar-refractivity contribution in [1.82, 2.24) is 5.32 Å². The molecule has 0 aliphatic rings. The molecule has 2 amide bonds. The van der Waals surface area contributed by atoms with Crippen LogP contribution in [0.5, 0.6) is 0 Å². The number of phosphoric acid groups is 1. The summed E-state index contributed by atoms with van der Waals surface area (Å²) in [5, 5.41) is 2.28. The number of rotatable bonds is 7. The van der Waals surface area contributed by atoms with E-state index in [1.54, 1.807) is 62.3 Å². The van der Waals surface area contributed by atoms with Crippen LogP contribution >= 0.6 is 7.82 Å². The fraction of sp³-hybridized carbons (Fsp3) is 0.875. The molecule has 0 aromatic carbocycles. The number of nitrogens with one attached hydrogen (secondary N) is 1. The highest BCUT2D eigenvalue weighted by molar-refractivity contribution is 7.48. The van der Waals surface area contributed by atoms with Gasteiger partial charge < -0.3 is 15.8 Å². The number of amides is 2. The highest BCUT2D eigenvalue weighted by Crippen LogP contribution is 2.55. The van der Waals surface area contributed by atoms with E-state index in [2.05, 4.69) is 5.32 Å². The lowest BCUT2D eigenvalue weighted by Gasteiger charge is -2.31. The van der Waals surface area contributed by atoms with E-state index in [-0.39, 0.29) is 0 Å². The summed E-state index contributed by atoms with van der Waals surface area (Å²) in [5.74, 6) is -0.881. The summed E-state index contributed by atoms with van der Waals surface area (Å²) >= 11 is 0. The lowest BCUT2D eigenvalue weighted by molar-refractivity contribution is -0.121. The first-order chi connectivity index (χ1) is 11.3. The zero-order chi connectivity index (χ0) is 21.0. The van der Waals surface area contributed by atoms with E-state index in [1.807, 2.05) is 0 Å². The lowest BCUT2D eigenvalue weighted by atomic mass is 10.2. The number of ether oxygens (including phenoxy) is 1. The molecule has 0 aliphatic carbocycles. The molecular formula is C16H33N2O7P. The van der Waals surface area contributed by atoms with Gasteiger partial charge >= 0.3 is 13.9 Å². The van der Waals surface area contributed by atoms with Crippen LogP contribution in [0.3, 0.4) is 0 Å². The Hall–Kier alpha value is -1.15. The summed E-state index contributed by atoms with van der Waals surface area (Å²) in [5.41, 5.74) is 2.85. The summed E-state index contributed by atoms with van der Waals surface area (Å²) in [6.07, 6.45) is -0.854. The molecule has 26 heavy (non-hydrogen) atoms. The van der Waals surface area contributed by atoms with E-state index in [0.29, 0.717) is 0 Å². The van der Waals surface area contributed by atoms with E-state index in [9.17, 15) is 14.2 Å². The van der Waals surface area contributed by atoms with Crippen LogP contribution in [0.25, 0.3) is 0 Å². The number of hydrogen-bond acceptors (Lipinski definition) is 7. The van der Waals surface area contributed by atoms with E-state index in [1.165, 1.54) is 0 Å². The van der Waals surface area contributed by atoms with Crippen molar-refractivity contribution in [3.05, 3.63) is 0 Å². The van der Waals surface area contributed by atoms with Gasteiger partial charge in [0.15, 0.2) is 0 Å². The predicted molar refractivity (Wildman–Crippen MR) is 97.6 cm³/mol. The first-order valence-corrected chi connectivity index (χ1v) is 9.73. The fourth-order valence-electron chi connectivity index (χ4n) is 1.55. The largest absolute Gasteiger partial charge is 0.475 e. The second kappa shape index (κ2) is 8.69. The number of carbonyl (C=O) groups excluding carboxylic acids is 2. The number of nitrogens with two attached hydrogens (primary N) is 1. The summed E-state index contributed by atoms with van der Waals surface area (Å²) in [6.45, 7) is 14.6. The summed E-state index contributed by atoms with van der Waals surface area (Å²) in [4.78, 5) is 23.4. The lowest BCUT2D eigenvalue weighted by Crippen LogP contribution is -2.48. The summed E-state index contributed by atoms with van der Waals surface area (Å²) in [6, 6.07) is -1.27. The minimum absolute atomic E-state index is 0.502. The van der Waals surface area contributed by atoms with Gasteiger partial charge in [-0.25, -0.2) is 9.36 Å². The van der Waals surface area contributed by atoms with Gasteiger partial charge in [-0.05, 0) is 62.3 Å². The molecule has 0 unspecified atom stereocenters. The normalized spacial score (nSPS) is 14.7. The third-order valence-corrected chi connectivity index (χ3v) is 4.21. The standard InChI is InChI=1S/C16H33N2O7P/c1-14(2,3)23-13(20)18-11(12(17)19)10-22-26(21,24-15(4,5)6)25-16(7,8)9/h11H,10H2,1-9H3,(H2,17,19)(H,18,20)/t11-/m1/s1. The van der Waals surface area contributed by atoms with Crippen molar-refractivity contribution in [2.45, 2.75) is 85.2 Å². The molecular weight excluding hydrogens is 363 g/mol. The van der Waals surface area contributed by atoms with E-state index in [4.69, 9.17) is 24.0 Å². The Bertz CT molecular complexity index is 524. The number of phosphoric ester groups is 1. The van der Waals surface area contributed by atoms with Gasteiger partial charge in [0, 0.05) is 0 Å². The van der Waals surface area contributed by atoms with Crippen LogP contribution in [0, 0.1) is 0 Å². The van der Waals surface area contributed by atoms with Crippen LogP contribution < -0.4 is 11.1 Å². The molecule has 0 aromatic heterocycles. The highest BCUT2D eigenvalue weighted by Gasteiger charge is 2.38. The van der Waals surface area contributed by atoms with E-state index in [0.717, 1.165) is 0 Å². The monoisotopic (exact) mass is 396 g/mol. The predicted octanol–water partition coefficient (Wildman–Crippen LogP) is 3.12. The van der Waals surface area contributed by atoms with Crippen LogP contribution in [-0.2, 0) is 27.7 Å². The smallest absolute Gasteiger partial charge is 0.444 e. The molecule has 0 spiro atoms. The van der Waals surface area contributed by atoms with Gasteiger partial charge in [0.2, 0.25) is 5.91 Å². The second-order valence-corrected chi connectivity index (χ2v) is 10.3. The quantitative estimate of drug-likeness (QED) is 0.633. The number of primary amides is 1. The van der Waals surface area contributed by atoms with Crippen LogP contribution in [-0.4, -0.2) is 41.5 Å². The van der Waals surface area contributed by atoms with Crippen molar-refractivity contribution in [3.8, 4) is 0 Å². The van der Waals surface area contributed by atoms with Crippen molar-refractivity contribution in [3.63, 3.8) is 0 Å². The summed E-state index contributed by atoms with van der Waals surface area (Å²) < 4.78 is 34.1. The number of carbonyl (C=O) groups is 2. The van der Waals surface area contributed by atoms with Crippen LogP contribution in [0.2, 0.25) is 0 Å². The highest BCUT2D eigenvalue weighted by atomic mass is 31.2. The van der Waals surface area contributed by atoms with Gasteiger partial charge in [-0.15, -0.1) is 0 Å². The Kier molecular flexibility index (Phi) is 8.31. The minimum Gasteiger partial charge on any atom is -0.444 e. The zero-order valence-electron chi connectivity index (χ0n) is 17.2. The van der Waals surface area contributed by atoms with Crippen LogP contribution in [0.1, 0.15) is 62.3 Å². The molecule has 0 heterocycles. The Balaban J connectivity index is 5.16. The topological polar surface area (TPSA) is 126 Å². The van der Waals surface area contributed by atoms with Crippen molar-refractivity contribution in [2.24, 2.45) is 5.73 Å². The van der Waals surface area contributed by atoms with Crippen molar-refractivity contribution < 1.29 is 32.5 Å². The van der Waals surface area contributed by atoms with Crippen molar-refractivity contribution in [2.75, 3.05) is 6.61 Å². The van der Waals surface area contributed by atoms with Gasteiger partial charge in [0.25, 0.3) is 0 Å². The maximum absolute atomic E-state index is 12.9. The molecule has 1 atom stereocenters. The Morgan fingerprint density at radius 3 is 1.65 bits per heavy atom. The van der Waals surface area contributed by atoms with Gasteiger partial charge in [-0.3, -0.25) is 18.4 Å². The second-order valence-electron chi connectivity index (χ2n) is 8.75. The number of alkyl carbamates (subject to hydrolysis) is 1. The molecule has 0 saturated heterocycles. The third kappa shape index (κ3) is 12.2.